The third-order valence-electron chi connectivity index (χ3n) is 7.62. The van der Waals surface area contributed by atoms with E-state index in [0.29, 0.717) is 0 Å². The second-order valence-corrected chi connectivity index (χ2v) is 11.0. The summed E-state index contributed by atoms with van der Waals surface area (Å²) in [5, 5.41) is 0. The van der Waals surface area contributed by atoms with Crippen molar-refractivity contribution in [3.05, 3.63) is 0 Å². The highest BCUT2D eigenvalue weighted by Crippen LogP contribution is 2.25. The molecule has 0 aromatic carbocycles. The monoisotopic (exact) mass is 451 g/mol. The van der Waals surface area contributed by atoms with Crippen molar-refractivity contribution >= 4 is 0 Å². The zero-order chi connectivity index (χ0) is 23.3. The average Bonchev–Trinajstić information content (AvgIpc) is 2.77. The molecule has 2 unspecified atom stereocenters. The second kappa shape index (κ2) is 21.5. The minimum Gasteiger partial charge on any atom is -0.381 e. The van der Waals surface area contributed by atoms with Gasteiger partial charge in [-0.15, -0.1) is 0 Å². The molecule has 0 spiro atoms. The number of nitrogens with zero attached hydrogens (tertiary/aromatic N) is 1. The van der Waals surface area contributed by atoms with Gasteiger partial charge in [-0.1, -0.05) is 118 Å². The van der Waals surface area contributed by atoms with Gasteiger partial charge in [0.15, 0.2) is 0 Å². The molecular weight excluding hydrogens is 390 g/mol. The Morgan fingerprint density at radius 1 is 0.594 bits per heavy atom. The van der Waals surface area contributed by atoms with Gasteiger partial charge in [0.1, 0.15) is 0 Å². The lowest BCUT2D eigenvalue weighted by Gasteiger charge is -2.41. The van der Waals surface area contributed by atoms with Gasteiger partial charge in [-0.3, -0.25) is 0 Å². The molecule has 1 fully saturated rings. The maximum absolute atomic E-state index is 6.25. The van der Waals surface area contributed by atoms with Crippen LogP contribution in [-0.4, -0.2) is 37.7 Å². The lowest BCUT2D eigenvalue weighted by molar-refractivity contribution is -0.00624. The van der Waals surface area contributed by atoms with Crippen LogP contribution in [0, 0.1) is 17.8 Å². The lowest BCUT2D eigenvalue weighted by atomic mass is 9.91. The highest BCUT2D eigenvalue weighted by Gasteiger charge is 2.28. The first-order valence-corrected chi connectivity index (χ1v) is 15.0. The summed E-state index contributed by atoms with van der Waals surface area (Å²) in [6.07, 6.45) is 25.3. The summed E-state index contributed by atoms with van der Waals surface area (Å²) in [5.41, 5.74) is 0. The lowest BCUT2D eigenvalue weighted by Crippen LogP contribution is -2.50. The van der Waals surface area contributed by atoms with E-state index in [0.717, 1.165) is 31.0 Å². The van der Waals surface area contributed by atoms with E-state index in [4.69, 9.17) is 4.74 Å². The number of likely N-dealkylation sites (tertiary alicyclic amines) is 1. The van der Waals surface area contributed by atoms with Gasteiger partial charge in [-0.2, -0.15) is 0 Å². The zero-order valence-corrected chi connectivity index (χ0v) is 22.9. The first kappa shape index (κ1) is 30.0. The molecule has 2 atom stereocenters. The molecule has 1 rings (SSSR count). The van der Waals surface area contributed by atoms with Crippen molar-refractivity contribution in [2.45, 2.75) is 143 Å². The number of rotatable bonds is 24. The molecular formula is C30H61NO. The largest absolute Gasteiger partial charge is 0.381 e. The van der Waals surface area contributed by atoms with Crippen molar-refractivity contribution in [1.82, 2.24) is 4.90 Å². The van der Waals surface area contributed by atoms with E-state index in [1.54, 1.807) is 0 Å². The molecule has 1 aliphatic heterocycles. The fourth-order valence-corrected chi connectivity index (χ4v) is 5.41. The van der Waals surface area contributed by atoms with Crippen LogP contribution in [0.1, 0.15) is 143 Å². The normalized spacial score (nSPS) is 16.9. The van der Waals surface area contributed by atoms with E-state index in [-0.39, 0.29) is 0 Å². The predicted molar refractivity (Wildman–Crippen MR) is 144 cm³/mol. The topological polar surface area (TPSA) is 12.5 Å². The summed E-state index contributed by atoms with van der Waals surface area (Å²) >= 11 is 0. The van der Waals surface area contributed by atoms with Gasteiger partial charge in [-0.25, -0.2) is 0 Å². The van der Waals surface area contributed by atoms with Crippen molar-refractivity contribution in [1.29, 1.82) is 0 Å². The van der Waals surface area contributed by atoms with Gasteiger partial charge in [0.2, 0.25) is 0 Å². The third-order valence-corrected chi connectivity index (χ3v) is 7.62. The maximum Gasteiger partial charge on any atom is 0.0518 e. The number of unbranched alkanes of at least 4 members (excludes halogenated alkanes) is 10. The molecule has 0 aliphatic carbocycles. The summed E-state index contributed by atoms with van der Waals surface area (Å²) < 4.78 is 6.25. The van der Waals surface area contributed by atoms with Gasteiger partial charge < -0.3 is 9.64 Å². The van der Waals surface area contributed by atoms with E-state index in [1.165, 1.54) is 135 Å². The van der Waals surface area contributed by atoms with Gasteiger partial charge in [-0.05, 0) is 37.5 Å². The van der Waals surface area contributed by atoms with Crippen LogP contribution in [0.2, 0.25) is 0 Å². The first-order chi connectivity index (χ1) is 15.7. The van der Waals surface area contributed by atoms with E-state index in [9.17, 15) is 0 Å². The van der Waals surface area contributed by atoms with Crippen molar-refractivity contribution in [2.24, 2.45) is 17.8 Å². The fraction of sp³-hybridized carbons (Fsp3) is 1.00. The smallest absolute Gasteiger partial charge is 0.0518 e. The van der Waals surface area contributed by atoms with Gasteiger partial charge in [0.05, 0.1) is 6.61 Å². The summed E-state index contributed by atoms with van der Waals surface area (Å²) in [7, 11) is 0. The summed E-state index contributed by atoms with van der Waals surface area (Å²) in [6, 6.07) is 0. The molecule has 192 valence electrons. The fourth-order valence-electron chi connectivity index (χ4n) is 5.41. The van der Waals surface area contributed by atoms with E-state index < -0.39 is 0 Å². The summed E-state index contributed by atoms with van der Waals surface area (Å²) in [4.78, 5) is 2.74. The molecule has 0 aromatic heterocycles. The Morgan fingerprint density at radius 2 is 1.06 bits per heavy atom. The van der Waals surface area contributed by atoms with E-state index >= 15 is 0 Å². The Bertz CT molecular complexity index is 379. The van der Waals surface area contributed by atoms with Crippen LogP contribution in [-0.2, 0) is 4.74 Å². The van der Waals surface area contributed by atoms with Crippen molar-refractivity contribution in [3.63, 3.8) is 0 Å². The summed E-state index contributed by atoms with van der Waals surface area (Å²) in [6.45, 7) is 15.2. The Kier molecular flexibility index (Phi) is 20.1. The minimum absolute atomic E-state index is 0.794. The highest BCUT2D eigenvalue weighted by molar-refractivity contribution is 4.81. The van der Waals surface area contributed by atoms with Gasteiger partial charge >= 0.3 is 0 Å². The van der Waals surface area contributed by atoms with Crippen LogP contribution >= 0.6 is 0 Å². The van der Waals surface area contributed by atoms with Crippen LogP contribution < -0.4 is 0 Å². The Labute approximate surface area is 203 Å². The van der Waals surface area contributed by atoms with Crippen LogP contribution in [0.15, 0.2) is 0 Å². The van der Waals surface area contributed by atoms with Gasteiger partial charge in [0.25, 0.3) is 0 Å². The number of ether oxygens (including phenoxy) is 1. The molecule has 0 amide bonds. The standard InChI is InChI=1S/C30H61NO/c1-5-9-13-15-18-21-28(20-17-14-10-6-2)23-31-24-30(25-31)27-32-26-29(19-12-8-4)22-16-11-7-3/h28-30H,5-27H2,1-4H3. The molecule has 2 heteroatoms. The quantitative estimate of drug-likeness (QED) is 0.136. The number of hydrogen-bond donors (Lipinski definition) is 0. The molecule has 1 aliphatic rings. The molecule has 1 heterocycles. The van der Waals surface area contributed by atoms with Crippen molar-refractivity contribution in [3.8, 4) is 0 Å². The molecule has 2 nitrogen and oxygen atoms in total. The molecule has 32 heavy (non-hydrogen) atoms. The minimum atomic E-state index is 0.794. The molecule has 0 radical (unpaired) electrons. The molecule has 0 saturated carbocycles. The van der Waals surface area contributed by atoms with E-state index in [2.05, 4.69) is 32.6 Å². The summed E-state index contributed by atoms with van der Waals surface area (Å²) in [5.74, 6) is 2.54. The Balaban J connectivity index is 2.22. The molecule has 1 saturated heterocycles. The van der Waals surface area contributed by atoms with Crippen LogP contribution in [0.3, 0.4) is 0 Å². The van der Waals surface area contributed by atoms with E-state index in [1.807, 2.05) is 0 Å². The van der Waals surface area contributed by atoms with Crippen molar-refractivity contribution < 1.29 is 4.74 Å². The highest BCUT2D eigenvalue weighted by atomic mass is 16.5. The molecule has 0 N–H and O–H groups in total. The van der Waals surface area contributed by atoms with Crippen LogP contribution in [0.25, 0.3) is 0 Å². The van der Waals surface area contributed by atoms with Crippen LogP contribution in [0.5, 0.6) is 0 Å². The predicted octanol–water partition coefficient (Wildman–Crippen LogP) is 9.27. The SMILES string of the molecule is CCCCCCCC(CCCCCC)CN1CC(COCC(CCCC)CCCCC)C1. The second-order valence-electron chi connectivity index (χ2n) is 11.0. The first-order valence-electron chi connectivity index (χ1n) is 15.0. The maximum atomic E-state index is 6.25. The molecule has 0 aromatic rings. The average molecular weight is 452 g/mol. The zero-order valence-electron chi connectivity index (χ0n) is 22.9. The van der Waals surface area contributed by atoms with Crippen LogP contribution in [0.4, 0.5) is 0 Å². The Hall–Kier alpha value is -0.0800. The van der Waals surface area contributed by atoms with Gasteiger partial charge in [0, 0.05) is 32.2 Å². The Morgan fingerprint density at radius 3 is 1.69 bits per heavy atom. The molecule has 0 bridgehead atoms. The number of hydrogen-bond acceptors (Lipinski definition) is 2. The third kappa shape index (κ3) is 15.7. The van der Waals surface area contributed by atoms with Crippen molar-refractivity contribution in [2.75, 3.05) is 32.8 Å².